The van der Waals surface area contributed by atoms with Crippen molar-refractivity contribution in [2.75, 3.05) is 13.1 Å². The van der Waals surface area contributed by atoms with Gasteiger partial charge in [-0.05, 0) is 5.92 Å². The zero-order valence-corrected chi connectivity index (χ0v) is 11.1. The molecule has 2 rings (SSSR count). The van der Waals surface area contributed by atoms with Crippen LogP contribution in [-0.4, -0.2) is 40.0 Å². The van der Waals surface area contributed by atoms with Crippen LogP contribution in [0.3, 0.4) is 0 Å². The molecule has 1 atom stereocenters. The molecule has 1 amide bonds. The highest BCUT2D eigenvalue weighted by atomic mass is 16.5. The van der Waals surface area contributed by atoms with E-state index in [-0.39, 0.29) is 12.0 Å². The average molecular weight is 249 g/mol. The van der Waals surface area contributed by atoms with Crippen LogP contribution in [0.2, 0.25) is 0 Å². The highest BCUT2D eigenvalue weighted by Gasteiger charge is 2.25. The van der Waals surface area contributed by atoms with Crippen molar-refractivity contribution in [2.45, 2.75) is 39.2 Å². The summed E-state index contributed by atoms with van der Waals surface area (Å²) < 4.78 is 5.80. The van der Waals surface area contributed by atoms with Gasteiger partial charge >= 0.3 is 0 Å². The lowest BCUT2D eigenvalue weighted by atomic mass is 10.1. The Kier molecular flexibility index (Phi) is 3.79. The fourth-order valence-corrected chi connectivity index (χ4v) is 2.01. The zero-order valence-electron chi connectivity index (χ0n) is 11.1. The maximum Gasteiger partial charge on any atom is 0.219 e. The third kappa shape index (κ3) is 2.97. The Hall–Kier alpha value is -1.65. The topological polar surface area (TPSA) is 55.3 Å². The molecule has 1 aromatic heterocycles. The molecule has 5 nitrogen and oxygen atoms in total. The molecule has 0 unspecified atom stereocenters. The third-order valence-electron chi connectivity index (χ3n) is 3.13. The van der Waals surface area contributed by atoms with E-state index in [1.165, 1.54) is 6.33 Å². The largest absolute Gasteiger partial charge is 0.472 e. The van der Waals surface area contributed by atoms with Crippen molar-refractivity contribution >= 4 is 5.91 Å². The van der Waals surface area contributed by atoms with E-state index in [2.05, 4.69) is 23.8 Å². The van der Waals surface area contributed by atoms with E-state index < -0.39 is 0 Å². The molecule has 0 aromatic carbocycles. The Labute approximate surface area is 107 Å². The second kappa shape index (κ2) is 5.33. The van der Waals surface area contributed by atoms with Gasteiger partial charge in [0.05, 0.1) is 12.2 Å². The maximum absolute atomic E-state index is 11.2. The van der Waals surface area contributed by atoms with Gasteiger partial charge in [-0.15, -0.1) is 0 Å². The second-order valence-corrected chi connectivity index (χ2v) is 4.93. The summed E-state index contributed by atoms with van der Waals surface area (Å²) in [6.07, 6.45) is 2.44. The van der Waals surface area contributed by atoms with Gasteiger partial charge < -0.3 is 9.64 Å². The van der Waals surface area contributed by atoms with Crippen LogP contribution in [0.4, 0.5) is 0 Å². The number of aromatic nitrogens is 2. The first-order valence-electron chi connectivity index (χ1n) is 6.30. The van der Waals surface area contributed by atoms with Gasteiger partial charge in [0.2, 0.25) is 11.8 Å². The predicted molar refractivity (Wildman–Crippen MR) is 67.4 cm³/mol. The molecular formula is C13H19N3O2. The van der Waals surface area contributed by atoms with Gasteiger partial charge in [0.25, 0.3) is 0 Å². The summed E-state index contributed by atoms with van der Waals surface area (Å²) in [6, 6.07) is 1.88. The fourth-order valence-electron chi connectivity index (χ4n) is 2.01. The quantitative estimate of drug-likeness (QED) is 0.816. The predicted octanol–water partition coefficient (Wildman–Crippen LogP) is 1.60. The first kappa shape index (κ1) is 12.8. The van der Waals surface area contributed by atoms with Gasteiger partial charge in [-0.3, -0.25) is 4.79 Å². The van der Waals surface area contributed by atoms with E-state index in [4.69, 9.17) is 4.74 Å². The molecule has 0 spiro atoms. The summed E-state index contributed by atoms with van der Waals surface area (Å²) in [5.41, 5.74) is 0.974. The number of carbonyl (C=O) groups is 1. The van der Waals surface area contributed by atoms with E-state index in [1.54, 1.807) is 11.8 Å². The second-order valence-electron chi connectivity index (χ2n) is 4.93. The molecule has 0 N–H and O–H groups in total. The van der Waals surface area contributed by atoms with Gasteiger partial charge in [0.15, 0.2) is 0 Å². The van der Waals surface area contributed by atoms with Crippen molar-refractivity contribution in [2.24, 2.45) is 0 Å². The molecular weight excluding hydrogens is 230 g/mol. The monoisotopic (exact) mass is 249 g/mol. The highest BCUT2D eigenvalue weighted by molar-refractivity contribution is 5.73. The molecule has 2 heterocycles. The Morgan fingerprint density at radius 1 is 1.50 bits per heavy atom. The number of likely N-dealkylation sites (tertiary alicyclic amines) is 1. The number of ether oxygens (including phenoxy) is 1. The third-order valence-corrected chi connectivity index (χ3v) is 3.13. The minimum absolute atomic E-state index is 0.0452. The van der Waals surface area contributed by atoms with Gasteiger partial charge in [-0.1, -0.05) is 13.8 Å². The normalized spacial score (nSPS) is 19.3. The van der Waals surface area contributed by atoms with E-state index in [0.29, 0.717) is 18.3 Å². The van der Waals surface area contributed by atoms with Crippen molar-refractivity contribution in [1.82, 2.24) is 14.9 Å². The summed E-state index contributed by atoms with van der Waals surface area (Å²) in [5, 5.41) is 0. The zero-order chi connectivity index (χ0) is 13.1. The van der Waals surface area contributed by atoms with Crippen LogP contribution < -0.4 is 4.74 Å². The molecule has 98 valence electrons. The number of carbonyl (C=O) groups excluding carboxylic acids is 1. The molecule has 0 saturated carbocycles. The average Bonchev–Trinajstić information content (AvgIpc) is 2.78. The Balaban J connectivity index is 1.98. The van der Waals surface area contributed by atoms with E-state index in [9.17, 15) is 4.79 Å². The van der Waals surface area contributed by atoms with Crippen LogP contribution in [0.25, 0.3) is 0 Å². The van der Waals surface area contributed by atoms with E-state index in [0.717, 1.165) is 18.7 Å². The molecule has 1 saturated heterocycles. The van der Waals surface area contributed by atoms with Crippen LogP contribution >= 0.6 is 0 Å². The van der Waals surface area contributed by atoms with Gasteiger partial charge in [0, 0.05) is 26.0 Å². The smallest absolute Gasteiger partial charge is 0.219 e. The summed E-state index contributed by atoms with van der Waals surface area (Å²) in [7, 11) is 0. The standard InChI is InChI=1S/C13H19N3O2/c1-9(2)12-6-13(15-8-14-12)18-11-4-5-16(7-11)10(3)17/h6,8-9,11H,4-5,7H2,1-3H3/t11-/m1/s1. The van der Waals surface area contributed by atoms with Crippen LogP contribution in [0.5, 0.6) is 5.88 Å². The lowest BCUT2D eigenvalue weighted by molar-refractivity contribution is -0.128. The van der Waals surface area contributed by atoms with Crippen molar-refractivity contribution in [1.29, 1.82) is 0 Å². The van der Waals surface area contributed by atoms with E-state index in [1.807, 2.05) is 6.07 Å². The lowest BCUT2D eigenvalue weighted by Crippen LogP contribution is -2.28. The van der Waals surface area contributed by atoms with Crippen LogP contribution in [-0.2, 0) is 4.79 Å². The minimum Gasteiger partial charge on any atom is -0.472 e. The Bertz CT molecular complexity index is 434. The minimum atomic E-state index is 0.0452. The molecule has 0 bridgehead atoms. The first-order valence-corrected chi connectivity index (χ1v) is 6.30. The van der Waals surface area contributed by atoms with Gasteiger partial charge in [-0.2, -0.15) is 0 Å². The molecule has 0 radical (unpaired) electrons. The van der Waals surface area contributed by atoms with Crippen molar-refractivity contribution in [3.8, 4) is 5.88 Å². The number of rotatable bonds is 3. The molecule has 1 aliphatic rings. The number of hydrogen-bond acceptors (Lipinski definition) is 4. The Morgan fingerprint density at radius 3 is 2.89 bits per heavy atom. The van der Waals surface area contributed by atoms with Crippen LogP contribution in [0, 0.1) is 0 Å². The summed E-state index contributed by atoms with van der Waals surface area (Å²) in [4.78, 5) is 21.4. The van der Waals surface area contributed by atoms with Crippen molar-refractivity contribution < 1.29 is 9.53 Å². The van der Waals surface area contributed by atoms with Gasteiger partial charge in [0.1, 0.15) is 12.4 Å². The van der Waals surface area contributed by atoms with Crippen molar-refractivity contribution in [3.63, 3.8) is 0 Å². The molecule has 18 heavy (non-hydrogen) atoms. The summed E-state index contributed by atoms with van der Waals surface area (Å²) >= 11 is 0. The van der Waals surface area contributed by atoms with Crippen molar-refractivity contribution in [3.05, 3.63) is 18.1 Å². The molecule has 1 aromatic rings. The molecule has 1 fully saturated rings. The van der Waals surface area contributed by atoms with E-state index >= 15 is 0 Å². The molecule has 1 aliphatic heterocycles. The summed E-state index contributed by atoms with van der Waals surface area (Å²) in [6.45, 7) is 7.17. The van der Waals surface area contributed by atoms with Gasteiger partial charge in [-0.25, -0.2) is 9.97 Å². The van der Waals surface area contributed by atoms with Crippen LogP contribution in [0.1, 0.15) is 38.8 Å². The number of amides is 1. The Morgan fingerprint density at radius 2 is 2.28 bits per heavy atom. The first-order chi connectivity index (χ1) is 8.56. The SMILES string of the molecule is CC(=O)N1CC[C@@H](Oc2cc(C(C)C)ncn2)C1. The number of nitrogens with zero attached hydrogens (tertiary/aromatic N) is 3. The van der Waals surface area contributed by atoms with Crippen LogP contribution in [0.15, 0.2) is 12.4 Å². The number of hydrogen-bond donors (Lipinski definition) is 0. The molecule has 0 aliphatic carbocycles. The summed E-state index contributed by atoms with van der Waals surface area (Å²) in [5.74, 6) is 1.06. The fraction of sp³-hybridized carbons (Fsp3) is 0.615. The highest BCUT2D eigenvalue weighted by Crippen LogP contribution is 2.19. The molecule has 5 heteroatoms. The maximum atomic E-state index is 11.2. The lowest BCUT2D eigenvalue weighted by Gasteiger charge is -2.15.